The summed E-state index contributed by atoms with van der Waals surface area (Å²) in [5.74, 6) is 0. The van der Waals surface area contributed by atoms with E-state index in [1.807, 2.05) is 34.0 Å². The first-order valence-corrected chi connectivity index (χ1v) is 9.16. The van der Waals surface area contributed by atoms with E-state index in [2.05, 4.69) is 64.1 Å². The standard InChI is InChI=1S/C17H18S3/c1-11-5-6-12(18-11)13-7-8-14(19-13)15-9-10-16(20-15)17(2,3)4/h5-10H,1-4H3. The van der Waals surface area contributed by atoms with Gasteiger partial charge in [0.15, 0.2) is 0 Å². The minimum Gasteiger partial charge on any atom is -0.140 e. The summed E-state index contributed by atoms with van der Waals surface area (Å²) in [5, 5.41) is 0. The second-order valence-corrected chi connectivity index (χ2v) is 9.44. The highest BCUT2D eigenvalue weighted by Gasteiger charge is 2.17. The predicted octanol–water partition coefficient (Wildman–Crippen LogP) is 6.81. The lowest BCUT2D eigenvalue weighted by atomic mass is 9.95. The molecule has 0 N–H and O–H groups in total. The Balaban J connectivity index is 1.92. The second-order valence-electron chi connectivity index (χ2n) is 5.99. The second kappa shape index (κ2) is 5.14. The molecule has 3 heteroatoms. The smallest absolute Gasteiger partial charge is 0.0449 e. The van der Waals surface area contributed by atoms with Crippen LogP contribution in [0.1, 0.15) is 30.5 Å². The Morgan fingerprint density at radius 2 is 1.15 bits per heavy atom. The number of hydrogen-bond donors (Lipinski definition) is 0. The number of thiophene rings is 3. The van der Waals surface area contributed by atoms with Crippen LogP contribution in [0.3, 0.4) is 0 Å². The lowest BCUT2D eigenvalue weighted by Gasteiger charge is -2.15. The van der Waals surface area contributed by atoms with Gasteiger partial charge in [0.05, 0.1) is 0 Å². The molecule has 104 valence electrons. The van der Waals surface area contributed by atoms with Crippen LogP contribution in [0.4, 0.5) is 0 Å². The van der Waals surface area contributed by atoms with E-state index in [0.717, 1.165) is 0 Å². The molecule has 0 atom stereocenters. The molecule has 0 radical (unpaired) electrons. The zero-order valence-corrected chi connectivity index (χ0v) is 14.6. The van der Waals surface area contributed by atoms with Gasteiger partial charge in [-0.3, -0.25) is 0 Å². The first kappa shape index (κ1) is 14.1. The van der Waals surface area contributed by atoms with Gasteiger partial charge in [0, 0.05) is 29.3 Å². The third-order valence-corrected chi connectivity index (χ3v) is 7.17. The zero-order valence-electron chi connectivity index (χ0n) is 12.2. The van der Waals surface area contributed by atoms with Crippen LogP contribution in [0.15, 0.2) is 36.4 Å². The highest BCUT2D eigenvalue weighted by molar-refractivity contribution is 7.26. The van der Waals surface area contributed by atoms with E-state index in [0.29, 0.717) is 0 Å². The predicted molar refractivity (Wildman–Crippen MR) is 94.4 cm³/mol. The van der Waals surface area contributed by atoms with Crippen LogP contribution in [0.25, 0.3) is 19.5 Å². The van der Waals surface area contributed by atoms with Crippen molar-refractivity contribution in [1.29, 1.82) is 0 Å². The van der Waals surface area contributed by atoms with Crippen molar-refractivity contribution < 1.29 is 0 Å². The molecule has 0 bridgehead atoms. The van der Waals surface area contributed by atoms with Crippen LogP contribution in [0.2, 0.25) is 0 Å². The molecule has 0 aliphatic rings. The lowest BCUT2D eigenvalue weighted by molar-refractivity contribution is 0.604. The molecule has 0 aromatic carbocycles. The van der Waals surface area contributed by atoms with Crippen molar-refractivity contribution in [3.05, 3.63) is 46.2 Å². The average molecular weight is 319 g/mol. The fraction of sp³-hybridized carbons (Fsp3) is 0.294. The maximum atomic E-state index is 2.27. The molecular formula is C17H18S3. The van der Waals surface area contributed by atoms with E-state index in [1.165, 1.54) is 29.3 Å². The molecule has 3 aromatic rings. The van der Waals surface area contributed by atoms with Gasteiger partial charge in [-0.2, -0.15) is 0 Å². The summed E-state index contributed by atoms with van der Waals surface area (Å²) in [6.45, 7) is 8.99. The molecule has 3 aromatic heterocycles. The quantitative estimate of drug-likeness (QED) is 0.487. The van der Waals surface area contributed by atoms with Gasteiger partial charge >= 0.3 is 0 Å². The molecule has 0 spiro atoms. The summed E-state index contributed by atoms with van der Waals surface area (Å²) in [6, 6.07) is 13.5. The molecule has 20 heavy (non-hydrogen) atoms. The van der Waals surface area contributed by atoms with Crippen molar-refractivity contribution in [2.45, 2.75) is 33.1 Å². The lowest BCUT2D eigenvalue weighted by Crippen LogP contribution is -2.07. The molecule has 0 nitrogen and oxygen atoms in total. The number of rotatable bonds is 2. The van der Waals surface area contributed by atoms with Gasteiger partial charge in [-0.25, -0.2) is 0 Å². The monoisotopic (exact) mass is 318 g/mol. The molecule has 0 saturated heterocycles. The molecule has 0 amide bonds. The first-order chi connectivity index (χ1) is 9.43. The largest absolute Gasteiger partial charge is 0.140 e. The van der Waals surface area contributed by atoms with E-state index in [9.17, 15) is 0 Å². The van der Waals surface area contributed by atoms with Gasteiger partial charge in [0.1, 0.15) is 0 Å². The topological polar surface area (TPSA) is 0 Å². The third-order valence-electron chi connectivity index (χ3n) is 3.18. The fourth-order valence-electron chi connectivity index (χ4n) is 2.04. The Hall–Kier alpha value is -0.900. The Bertz CT molecular complexity index is 719. The minimum absolute atomic E-state index is 0.244. The Morgan fingerprint density at radius 1 is 0.650 bits per heavy atom. The van der Waals surface area contributed by atoms with Crippen molar-refractivity contribution in [3.63, 3.8) is 0 Å². The van der Waals surface area contributed by atoms with E-state index in [4.69, 9.17) is 0 Å². The molecule has 0 fully saturated rings. The Kier molecular flexibility index (Phi) is 3.61. The van der Waals surface area contributed by atoms with E-state index in [-0.39, 0.29) is 5.41 Å². The summed E-state index contributed by atoms with van der Waals surface area (Å²) < 4.78 is 0. The van der Waals surface area contributed by atoms with E-state index in [1.54, 1.807) is 0 Å². The first-order valence-electron chi connectivity index (χ1n) is 6.71. The van der Waals surface area contributed by atoms with Gasteiger partial charge in [-0.05, 0) is 48.7 Å². The van der Waals surface area contributed by atoms with Gasteiger partial charge in [-0.15, -0.1) is 34.0 Å². The summed E-state index contributed by atoms with van der Waals surface area (Å²) in [4.78, 5) is 8.36. The minimum atomic E-state index is 0.244. The summed E-state index contributed by atoms with van der Waals surface area (Å²) in [7, 11) is 0. The molecule has 3 heterocycles. The van der Waals surface area contributed by atoms with Crippen LogP contribution in [0, 0.1) is 6.92 Å². The fourth-order valence-corrected chi connectivity index (χ4v) is 5.16. The zero-order chi connectivity index (χ0) is 14.3. The SMILES string of the molecule is Cc1ccc(-c2ccc(-c3ccc(C(C)(C)C)s3)s2)s1. The Morgan fingerprint density at radius 3 is 1.65 bits per heavy atom. The van der Waals surface area contributed by atoms with E-state index >= 15 is 0 Å². The van der Waals surface area contributed by atoms with Crippen LogP contribution in [-0.2, 0) is 5.41 Å². The highest BCUT2D eigenvalue weighted by atomic mass is 32.1. The van der Waals surface area contributed by atoms with Crippen molar-refractivity contribution in [2.24, 2.45) is 0 Å². The van der Waals surface area contributed by atoms with Crippen molar-refractivity contribution in [2.75, 3.05) is 0 Å². The number of hydrogen-bond acceptors (Lipinski definition) is 3. The molecule has 0 unspecified atom stereocenters. The highest BCUT2D eigenvalue weighted by Crippen LogP contribution is 2.41. The van der Waals surface area contributed by atoms with Crippen molar-refractivity contribution >= 4 is 34.0 Å². The summed E-state index contributed by atoms with van der Waals surface area (Å²) >= 11 is 5.69. The van der Waals surface area contributed by atoms with Gasteiger partial charge in [-0.1, -0.05) is 20.8 Å². The summed E-state index contributed by atoms with van der Waals surface area (Å²) in [5.41, 5.74) is 0.244. The average Bonchev–Trinajstić information content (AvgIpc) is 3.06. The van der Waals surface area contributed by atoms with Crippen molar-refractivity contribution in [3.8, 4) is 19.5 Å². The molecule has 0 aliphatic carbocycles. The number of aryl methyl sites for hydroxylation is 1. The van der Waals surface area contributed by atoms with Gasteiger partial charge in [0.25, 0.3) is 0 Å². The molecule has 3 rings (SSSR count). The van der Waals surface area contributed by atoms with Crippen molar-refractivity contribution in [1.82, 2.24) is 0 Å². The maximum Gasteiger partial charge on any atom is 0.0449 e. The maximum absolute atomic E-state index is 2.27. The van der Waals surface area contributed by atoms with Gasteiger partial charge in [0.2, 0.25) is 0 Å². The normalized spacial score (nSPS) is 12.0. The van der Waals surface area contributed by atoms with Crippen LogP contribution in [0.5, 0.6) is 0 Å². The molecule has 0 aliphatic heterocycles. The Labute approximate surface area is 132 Å². The third kappa shape index (κ3) is 2.76. The van der Waals surface area contributed by atoms with Crippen LogP contribution in [-0.4, -0.2) is 0 Å². The molecule has 0 saturated carbocycles. The van der Waals surface area contributed by atoms with Crippen LogP contribution < -0.4 is 0 Å². The summed E-state index contributed by atoms with van der Waals surface area (Å²) in [6.07, 6.45) is 0. The molecular weight excluding hydrogens is 300 g/mol. The van der Waals surface area contributed by atoms with Crippen LogP contribution >= 0.6 is 34.0 Å². The van der Waals surface area contributed by atoms with E-state index < -0.39 is 0 Å². The van der Waals surface area contributed by atoms with Gasteiger partial charge < -0.3 is 0 Å².